The minimum atomic E-state index is -0.253. The van der Waals surface area contributed by atoms with Crippen LogP contribution in [-0.2, 0) is 14.3 Å². The summed E-state index contributed by atoms with van der Waals surface area (Å²) in [7, 11) is 3.46. The van der Waals surface area contributed by atoms with E-state index in [1.165, 1.54) is 0 Å². The second kappa shape index (κ2) is 8.23. The summed E-state index contributed by atoms with van der Waals surface area (Å²) in [5, 5.41) is 2.92. The van der Waals surface area contributed by atoms with Gasteiger partial charge in [-0.2, -0.15) is 0 Å². The zero-order valence-electron chi connectivity index (χ0n) is 9.71. The third kappa shape index (κ3) is 7.93. The lowest BCUT2D eigenvalue weighted by Gasteiger charge is -2.09. The zero-order chi connectivity index (χ0) is 11.7. The van der Waals surface area contributed by atoms with E-state index in [0.29, 0.717) is 19.6 Å². The predicted molar refractivity (Wildman–Crippen MR) is 57.4 cm³/mol. The molecule has 0 heterocycles. The molecule has 0 fully saturated rings. The van der Waals surface area contributed by atoms with Gasteiger partial charge in [-0.05, 0) is 19.9 Å². The molecule has 0 aliphatic rings. The van der Waals surface area contributed by atoms with Crippen molar-refractivity contribution in [2.75, 3.05) is 33.8 Å². The lowest BCUT2D eigenvalue weighted by atomic mass is 10.3. The lowest BCUT2D eigenvalue weighted by Crippen LogP contribution is -2.27. The van der Waals surface area contributed by atoms with Gasteiger partial charge in [-0.25, -0.2) is 0 Å². The van der Waals surface area contributed by atoms with Gasteiger partial charge in [0, 0.05) is 20.5 Å². The number of nitrogens with zero attached hydrogens (tertiary/aromatic N) is 1. The van der Waals surface area contributed by atoms with Crippen molar-refractivity contribution in [2.45, 2.75) is 19.8 Å². The standard InChI is InChI=1S/C10H20N2O3/c1-4-15-10(14)8-11-7-5-6-9(13)12(2)3/h11H,4-8H2,1-3H3. The van der Waals surface area contributed by atoms with Crippen LogP contribution in [0.5, 0.6) is 0 Å². The Morgan fingerprint density at radius 3 is 2.53 bits per heavy atom. The summed E-state index contributed by atoms with van der Waals surface area (Å²) in [6, 6.07) is 0. The number of carbonyl (C=O) groups excluding carboxylic acids is 2. The van der Waals surface area contributed by atoms with Gasteiger partial charge in [0.25, 0.3) is 0 Å². The Bertz CT molecular complexity index is 205. The first-order valence-corrected chi connectivity index (χ1v) is 5.14. The zero-order valence-corrected chi connectivity index (χ0v) is 9.71. The SMILES string of the molecule is CCOC(=O)CNCCCC(=O)N(C)C. The monoisotopic (exact) mass is 216 g/mol. The van der Waals surface area contributed by atoms with E-state index in [0.717, 1.165) is 6.42 Å². The average molecular weight is 216 g/mol. The van der Waals surface area contributed by atoms with Crippen LogP contribution in [0.1, 0.15) is 19.8 Å². The summed E-state index contributed by atoms with van der Waals surface area (Å²) >= 11 is 0. The molecular weight excluding hydrogens is 196 g/mol. The highest BCUT2D eigenvalue weighted by atomic mass is 16.5. The molecule has 0 unspecified atom stereocenters. The highest BCUT2D eigenvalue weighted by molar-refractivity contribution is 5.75. The number of carbonyl (C=O) groups is 2. The summed E-state index contributed by atoms with van der Waals surface area (Å²) in [6.07, 6.45) is 1.24. The summed E-state index contributed by atoms with van der Waals surface area (Å²) in [4.78, 5) is 23.6. The van der Waals surface area contributed by atoms with Crippen molar-refractivity contribution in [3.05, 3.63) is 0 Å². The number of hydrogen-bond acceptors (Lipinski definition) is 4. The molecular formula is C10H20N2O3. The maximum absolute atomic E-state index is 11.1. The topological polar surface area (TPSA) is 58.6 Å². The minimum absolute atomic E-state index is 0.105. The molecule has 0 aliphatic heterocycles. The van der Waals surface area contributed by atoms with Gasteiger partial charge in [0.05, 0.1) is 13.2 Å². The maximum atomic E-state index is 11.1. The molecule has 0 spiro atoms. The molecule has 0 aromatic heterocycles. The van der Waals surface area contributed by atoms with Crippen LogP contribution in [0.25, 0.3) is 0 Å². The van der Waals surface area contributed by atoms with Gasteiger partial charge in [0.2, 0.25) is 5.91 Å². The van der Waals surface area contributed by atoms with Crippen LogP contribution in [0.2, 0.25) is 0 Å². The fraction of sp³-hybridized carbons (Fsp3) is 0.800. The van der Waals surface area contributed by atoms with Gasteiger partial charge in [-0.15, -0.1) is 0 Å². The Morgan fingerprint density at radius 2 is 2.00 bits per heavy atom. The maximum Gasteiger partial charge on any atom is 0.319 e. The van der Waals surface area contributed by atoms with Gasteiger partial charge in [0.15, 0.2) is 0 Å². The van der Waals surface area contributed by atoms with Crippen LogP contribution in [0.3, 0.4) is 0 Å². The fourth-order valence-corrected chi connectivity index (χ4v) is 0.991. The first-order chi connectivity index (χ1) is 7.07. The molecule has 0 aromatic carbocycles. The Hall–Kier alpha value is -1.10. The van der Waals surface area contributed by atoms with Crippen molar-refractivity contribution in [1.82, 2.24) is 10.2 Å². The highest BCUT2D eigenvalue weighted by Crippen LogP contribution is 1.91. The third-order valence-corrected chi connectivity index (χ3v) is 1.82. The quantitative estimate of drug-likeness (QED) is 0.481. The van der Waals surface area contributed by atoms with E-state index in [1.807, 2.05) is 0 Å². The van der Waals surface area contributed by atoms with E-state index >= 15 is 0 Å². The molecule has 15 heavy (non-hydrogen) atoms. The van der Waals surface area contributed by atoms with Crippen LogP contribution < -0.4 is 5.32 Å². The van der Waals surface area contributed by atoms with E-state index in [4.69, 9.17) is 4.74 Å². The van der Waals surface area contributed by atoms with Crippen molar-refractivity contribution >= 4 is 11.9 Å². The molecule has 88 valence electrons. The van der Waals surface area contributed by atoms with Crippen LogP contribution in [0, 0.1) is 0 Å². The Kier molecular flexibility index (Phi) is 7.62. The molecule has 1 amide bonds. The molecule has 0 saturated carbocycles. The van der Waals surface area contributed by atoms with E-state index in [-0.39, 0.29) is 18.4 Å². The number of amides is 1. The third-order valence-electron chi connectivity index (χ3n) is 1.82. The van der Waals surface area contributed by atoms with Crippen LogP contribution >= 0.6 is 0 Å². The molecule has 0 saturated heterocycles. The molecule has 0 aromatic rings. The van der Waals surface area contributed by atoms with Crippen LogP contribution in [0.15, 0.2) is 0 Å². The normalized spacial score (nSPS) is 9.80. The minimum Gasteiger partial charge on any atom is -0.465 e. The van der Waals surface area contributed by atoms with Crippen molar-refractivity contribution in [1.29, 1.82) is 0 Å². The van der Waals surface area contributed by atoms with Crippen molar-refractivity contribution in [2.24, 2.45) is 0 Å². The highest BCUT2D eigenvalue weighted by Gasteiger charge is 2.03. The number of hydrogen-bond donors (Lipinski definition) is 1. The first kappa shape index (κ1) is 13.9. The van der Waals surface area contributed by atoms with Crippen LogP contribution in [-0.4, -0.2) is 50.6 Å². The molecule has 5 nitrogen and oxygen atoms in total. The smallest absolute Gasteiger partial charge is 0.319 e. The molecule has 5 heteroatoms. The van der Waals surface area contributed by atoms with E-state index in [1.54, 1.807) is 25.9 Å². The number of rotatable bonds is 7. The molecule has 0 bridgehead atoms. The largest absolute Gasteiger partial charge is 0.465 e. The summed E-state index contributed by atoms with van der Waals surface area (Å²) in [6.45, 7) is 3.04. The van der Waals surface area contributed by atoms with E-state index in [9.17, 15) is 9.59 Å². The summed E-state index contributed by atoms with van der Waals surface area (Å²) in [5.41, 5.74) is 0. The molecule has 0 atom stereocenters. The van der Waals surface area contributed by atoms with Crippen molar-refractivity contribution in [3.8, 4) is 0 Å². The van der Waals surface area contributed by atoms with E-state index in [2.05, 4.69) is 5.32 Å². The molecule has 0 rings (SSSR count). The van der Waals surface area contributed by atoms with Gasteiger partial charge in [-0.1, -0.05) is 0 Å². The fourth-order valence-electron chi connectivity index (χ4n) is 0.991. The molecule has 0 radical (unpaired) electrons. The average Bonchev–Trinajstić information content (AvgIpc) is 2.17. The van der Waals surface area contributed by atoms with Gasteiger partial charge in [0.1, 0.15) is 0 Å². The van der Waals surface area contributed by atoms with Crippen molar-refractivity contribution in [3.63, 3.8) is 0 Å². The van der Waals surface area contributed by atoms with E-state index < -0.39 is 0 Å². The van der Waals surface area contributed by atoms with Gasteiger partial charge in [-0.3, -0.25) is 9.59 Å². The Morgan fingerprint density at radius 1 is 1.33 bits per heavy atom. The van der Waals surface area contributed by atoms with Gasteiger partial charge >= 0.3 is 5.97 Å². The second-order valence-corrected chi connectivity index (χ2v) is 3.37. The predicted octanol–water partition coefficient (Wildman–Crippen LogP) is 0.00750. The Balaban J connectivity index is 3.32. The summed E-state index contributed by atoms with van der Waals surface area (Å²) in [5.74, 6) is -0.149. The lowest BCUT2D eigenvalue weighted by molar-refractivity contribution is -0.141. The summed E-state index contributed by atoms with van der Waals surface area (Å²) < 4.78 is 4.73. The van der Waals surface area contributed by atoms with Crippen molar-refractivity contribution < 1.29 is 14.3 Å². The Labute approximate surface area is 90.8 Å². The molecule has 0 aliphatic carbocycles. The number of ether oxygens (including phenoxy) is 1. The first-order valence-electron chi connectivity index (χ1n) is 5.14. The van der Waals surface area contributed by atoms with Gasteiger partial charge < -0.3 is 15.0 Å². The molecule has 1 N–H and O–H groups in total. The second-order valence-electron chi connectivity index (χ2n) is 3.37. The number of esters is 1. The van der Waals surface area contributed by atoms with Crippen LogP contribution in [0.4, 0.5) is 0 Å². The number of nitrogens with one attached hydrogen (secondary N) is 1.